The van der Waals surface area contributed by atoms with Crippen molar-refractivity contribution < 1.29 is 17.9 Å². The van der Waals surface area contributed by atoms with E-state index in [1.54, 1.807) is 0 Å². The average Bonchev–Trinajstić information content (AvgIpc) is 2.12. The molecule has 7 heteroatoms. The largest absolute Gasteiger partial charge is 0.465 e. The monoisotopic (exact) mass is 263 g/mol. The quantitative estimate of drug-likeness (QED) is 0.839. The molecule has 1 aromatic carbocycles. The minimum atomic E-state index is -3.40. The minimum Gasteiger partial charge on any atom is -0.465 e. The number of sulfonamides is 1. The number of halogens is 1. The van der Waals surface area contributed by atoms with Gasteiger partial charge in [-0.25, -0.2) is 13.2 Å². The Morgan fingerprint density at radius 1 is 1.38 bits per heavy atom. The molecular formula is C9H10ClNO4S. The van der Waals surface area contributed by atoms with Crippen molar-refractivity contribution in [2.45, 2.75) is 0 Å². The smallest absolute Gasteiger partial charge is 0.337 e. The van der Waals surface area contributed by atoms with Gasteiger partial charge in [-0.05, 0) is 18.2 Å². The molecule has 0 unspecified atom stereocenters. The van der Waals surface area contributed by atoms with Crippen LogP contribution in [0.2, 0.25) is 5.02 Å². The predicted molar refractivity (Wildman–Crippen MR) is 61.3 cm³/mol. The van der Waals surface area contributed by atoms with Crippen molar-refractivity contribution in [3.63, 3.8) is 0 Å². The first kappa shape index (κ1) is 12.8. The van der Waals surface area contributed by atoms with Gasteiger partial charge >= 0.3 is 5.97 Å². The van der Waals surface area contributed by atoms with E-state index in [1.807, 2.05) is 0 Å². The summed E-state index contributed by atoms with van der Waals surface area (Å²) < 4.78 is 28.7. The van der Waals surface area contributed by atoms with Crippen molar-refractivity contribution in [3.8, 4) is 0 Å². The zero-order valence-corrected chi connectivity index (χ0v) is 10.2. The third kappa shape index (κ3) is 3.71. The lowest BCUT2D eigenvalue weighted by atomic mass is 10.2. The number of ether oxygens (including phenoxy) is 1. The Hall–Kier alpha value is -1.27. The first-order valence-corrected chi connectivity index (χ1v) is 6.45. The van der Waals surface area contributed by atoms with Crippen molar-refractivity contribution in [3.05, 3.63) is 28.8 Å². The molecule has 88 valence electrons. The van der Waals surface area contributed by atoms with Gasteiger partial charge in [0.05, 0.1) is 24.6 Å². The number of rotatable bonds is 3. The van der Waals surface area contributed by atoms with Gasteiger partial charge < -0.3 is 4.74 Å². The predicted octanol–water partition coefficient (Wildman–Crippen LogP) is 1.50. The summed E-state index contributed by atoms with van der Waals surface area (Å²) in [5.74, 6) is -0.584. The van der Waals surface area contributed by atoms with Crippen LogP contribution in [-0.4, -0.2) is 27.8 Å². The summed E-state index contributed by atoms with van der Waals surface area (Å²) in [7, 11) is -2.17. The Labute approximate surface area is 98.4 Å². The molecule has 1 N–H and O–H groups in total. The Morgan fingerprint density at radius 3 is 2.50 bits per heavy atom. The molecule has 0 aliphatic carbocycles. The minimum absolute atomic E-state index is 0.182. The number of carbonyl (C=O) groups is 1. The van der Waals surface area contributed by atoms with Gasteiger partial charge in [-0.1, -0.05) is 11.6 Å². The third-order valence-corrected chi connectivity index (χ3v) is 2.45. The lowest BCUT2D eigenvalue weighted by molar-refractivity contribution is 0.0601. The van der Waals surface area contributed by atoms with E-state index in [9.17, 15) is 13.2 Å². The van der Waals surface area contributed by atoms with E-state index in [2.05, 4.69) is 9.46 Å². The molecule has 1 rings (SSSR count). The summed E-state index contributed by atoms with van der Waals surface area (Å²) in [6.07, 6.45) is 1.01. The van der Waals surface area contributed by atoms with Gasteiger partial charge in [-0.15, -0.1) is 0 Å². The van der Waals surface area contributed by atoms with Gasteiger partial charge in [-0.3, -0.25) is 4.72 Å². The molecule has 0 saturated carbocycles. The second-order valence-electron chi connectivity index (χ2n) is 3.09. The fourth-order valence-corrected chi connectivity index (χ4v) is 1.88. The van der Waals surface area contributed by atoms with Crippen molar-refractivity contribution in [2.75, 3.05) is 18.1 Å². The summed E-state index contributed by atoms with van der Waals surface area (Å²) in [6, 6.07) is 4.13. The van der Waals surface area contributed by atoms with Crippen molar-refractivity contribution in [2.24, 2.45) is 0 Å². The summed E-state index contributed by atoms with van der Waals surface area (Å²) in [4.78, 5) is 11.2. The molecule has 0 amide bonds. The van der Waals surface area contributed by atoms with Crippen LogP contribution < -0.4 is 4.72 Å². The molecule has 0 spiro atoms. The Bertz CT molecular complexity index is 512. The van der Waals surface area contributed by atoms with Crippen LogP contribution in [0.3, 0.4) is 0 Å². The fraction of sp³-hybridized carbons (Fsp3) is 0.222. The summed E-state index contributed by atoms with van der Waals surface area (Å²) in [5, 5.41) is 0.244. The molecule has 5 nitrogen and oxygen atoms in total. The normalized spacial score (nSPS) is 10.9. The van der Waals surface area contributed by atoms with Crippen molar-refractivity contribution in [1.82, 2.24) is 0 Å². The number of anilines is 1. The van der Waals surface area contributed by atoms with Gasteiger partial charge in [0.2, 0.25) is 10.0 Å². The summed E-state index contributed by atoms with van der Waals surface area (Å²) in [5.41, 5.74) is 0.400. The number of hydrogen-bond donors (Lipinski definition) is 1. The van der Waals surface area contributed by atoms with E-state index in [4.69, 9.17) is 11.6 Å². The summed E-state index contributed by atoms with van der Waals surface area (Å²) in [6.45, 7) is 0. The fourth-order valence-electron chi connectivity index (χ4n) is 1.10. The zero-order chi connectivity index (χ0) is 12.3. The van der Waals surface area contributed by atoms with Crippen LogP contribution in [0.25, 0.3) is 0 Å². The maximum atomic E-state index is 11.2. The highest BCUT2D eigenvalue weighted by Crippen LogP contribution is 2.20. The lowest BCUT2D eigenvalue weighted by Crippen LogP contribution is -2.10. The molecule has 0 atom stereocenters. The molecule has 0 saturated heterocycles. The standard InChI is InChI=1S/C9H10ClNO4S/c1-15-9(12)6-3-7(10)5-8(4-6)11-16(2,13)14/h3-5,11H,1-2H3. The van der Waals surface area contributed by atoms with Gasteiger partial charge in [0.25, 0.3) is 0 Å². The number of methoxy groups -OCH3 is 1. The van der Waals surface area contributed by atoms with E-state index >= 15 is 0 Å². The molecular weight excluding hydrogens is 254 g/mol. The van der Waals surface area contributed by atoms with Crippen LogP contribution in [0.4, 0.5) is 5.69 Å². The van der Waals surface area contributed by atoms with Crippen LogP contribution in [0, 0.1) is 0 Å². The van der Waals surface area contributed by atoms with Crippen LogP contribution >= 0.6 is 11.6 Å². The van der Waals surface area contributed by atoms with Crippen LogP contribution in [0.15, 0.2) is 18.2 Å². The first-order valence-electron chi connectivity index (χ1n) is 4.18. The maximum Gasteiger partial charge on any atom is 0.337 e. The van der Waals surface area contributed by atoms with Crippen molar-refractivity contribution >= 4 is 33.3 Å². The van der Waals surface area contributed by atoms with E-state index < -0.39 is 16.0 Å². The highest BCUT2D eigenvalue weighted by molar-refractivity contribution is 7.92. The lowest BCUT2D eigenvalue weighted by Gasteiger charge is -2.06. The van der Waals surface area contributed by atoms with Crippen molar-refractivity contribution in [1.29, 1.82) is 0 Å². The van der Waals surface area contributed by atoms with E-state index in [-0.39, 0.29) is 16.3 Å². The molecule has 0 radical (unpaired) electrons. The number of esters is 1. The van der Waals surface area contributed by atoms with Crippen LogP contribution in [0.1, 0.15) is 10.4 Å². The van der Waals surface area contributed by atoms with Gasteiger partial charge in [0, 0.05) is 5.02 Å². The molecule has 0 aliphatic heterocycles. The number of nitrogens with one attached hydrogen (secondary N) is 1. The molecule has 0 bridgehead atoms. The third-order valence-electron chi connectivity index (χ3n) is 1.62. The average molecular weight is 264 g/mol. The van der Waals surface area contributed by atoms with Crippen LogP contribution in [-0.2, 0) is 14.8 Å². The van der Waals surface area contributed by atoms with E-state index in [0.29, 0.717) is 0 Å². The molecule has 0 heterocycles. The summed E-state index contributed by atoms with van der Waals surface area (Å²) >= 11 is 5.74. The highest BCUT2D eigenvalue weighted by Gasteiger charge is 2.10. The molecule has 0 aromatic heterocycles. The second kappa shape index (κ2) is 4.71. The second-order valence-corrected chi connectivity index (χ2v) is 5.28. The van der Waals surface area contributed by atoms with Gasteiger partial charge in [-0.2, -0.15) is 0 Å². The molecule has 0 aliphatic rings. The number of benzene rings is 1. The van der Waals surface area contributed by atoms with E-state index in [1.165, 1.54) is 25.3 Å². The maximum absolute atomic E-state index is 11.2. The molecule has 0 fully saturated rings. The zero-order valence-electron chi connectivity index (χ0n) is 8.65. The highest BCUT2D eigenvalue weighted by atomic mass is 35.5. The number of carbonyl (C=O) groups excluding carboxylic acids is 1. The first-order chi connectivity index (χ1) is 7.31. The van der Waals surface area contributed by atoms with E-state index in [0.717, 1.165) is 6.26 Å². The molecule has 16 heavy (non-hydrogen) atoms. The van der Waals surface area contributed by atoms with Gasteiger partial charge in [0.15, 0.2) is 0 Å². The Morgan fingerprint density at radius 2 is 2.00 bits per heavy atom. The number of hydrogen-bond acceptors (Lipinski definition) is 4. The Kier molecular flexibility index (Phi) is 3.77. The molecule has 1 aromatic rings. The Balaban J connectivity index is 3.13. The SMILES string of the molecule is COC(=O)c1cc(Cl)cc(NS(C)(=O)=O)c1. The van der Waals surface area contributed by atoms with Crippen LogP contribution in [0.5, 0.6) is 0 Å². The van der Waals surface area contributed by atoms with Gasteiger partial charge in [0.1, 0.15) is 0 Å². The topological polar surface area (TPSA) is 72.5 Å².